The summed E-state index contributed by atoms with van der Waals surface area (Å²) >= 11 is 1.59. The summed E-state index contributed by atoms with van der Waals surface area (Å²) < 4.78 is 5.42. The third-order valence-electron chi connectivity index (χ3n) is 5.50. The second-order valence-electron chi connectivity index (χ2n) is 8.03. The minimum Gasteiger partial charge on any atom is -0.467 e. The number of anilines is 1. The minimum atomic E-state index is -0.134. The number of nitrogens with one attached hydrogen (secondary N) is 1. The summed E-state index contributed by atoms with van der Waals surface area (Å²) in [5.41, 5.74) is 4.64. The van der Waals surface area contributed by atoms with Crippen LogP contribution in [0.15, 0.2) is 65.3 Å². The number of para-hydroxylation sites is 1. The number of hydrogen-bond donors (Lipinski definition) is 1. The number of aryl methyl sites for hydroxylation is 1. The molecule has 5 nitrogen and oxygen atoms in total. The standard InChI is InChI=1S/C25H26N2O3S/c1-16(2)21-8-4-6-17(3)23(21)26-24(29)18-9-11-19(12-10-18)25-27(22(28)15-31-25)14-20-7-5-13-30-20/h4-13,16,25H,14-15H2,1-3H3,(H,26,29). The highest BCUT2D eigenvalue weighted by Crippen LogP contribution is 2.39. The van der Waals surface area contributed by atoms with Crippen molar-refractivity contribution in [2.24, 2.45) is 0 Å². The number of thioether (sulfide) groups is 1. The van der Waals surface area contributed by atoms with Crippen LogP contribution >= 0.6 is 11.8 Å². The molecule has 6 heteroatoms. The van der Waals surface area contributed by atoms with Crippen molar-refractivity contribution in [2.45, 2.75) is 38.6 Å². The van der Waals surface area contributed by atoms with Gasteiger partial charge >= 0.3 is 0 Å². The summed E-state index contributed by atoms with van der Waals surface area (Å²) in [6, 6.07) is 17.3. The summed E-state index contributed by atoms with van der Waals surface area (Å²) in [5.74, 6) is 1.48. The van der Waals surface area contributed by atoms with Crippen molar-refractivity contribution in [1.82, 2.24) is 4.90 Å². The van der Waals surface area contributed by atoms with E-state index in [9.17, 15) is 9.59 Å². The Labute approximate surface area is 186 Å². The molecule has 2 heterocycles. The molecule has 0 radical (unpaired) electrons. The molecule has 2 aromatic carbocycles. The number of rotatable bonds is 6. The monoisotopic (exact) mass is 434 g/mol. The Kier molecular flexibility index (Phi) is 6.18. The van der Waals surface area contributed by atoms with Gasteiger partial charge in [0.05, 0.1) is 18.6 Å². The molecule has 4 rings (SSSR count). The van der Waals surface area contributed by atoms with E-state index >= 15 is 0 Å². The lowest BCUT2D eigenvalue weighted by molar-refractivity contribution is -0.128. The maximum absolute atomic E-state index is 12.9. The van der Waals surface area contributed by atoms with Gasteiger partial charge in [0.1, 0.15) is 11.1 Å². The van der Waals surface area contributed by atoms with Crippen molar-refractivity contribution in [3.63, 3.8) is 0 Å². The van der Waals surface area contributed by atoms with E-state index in [4.69, 9.17) is 4.42 Å². The smallest absolute Gasteiger partial charge is 0.255 e. The van der Waals surface area contributed by atoms with Gasteiger partial charge in [-0.1, -0.05) is 44.2 Å². The molecule has 1 aliphatic rings. The van der Waals surface area contributed by atoms with Gasteiger partial charge in [0.15, 0.2) is 0 Å². The first-order valence-corrected chi connectivity index (χ1v) is 11.4. The van der Waals surface area contributed by atoms with Gasteiger partial charge in [-0.15, -0.1) is 11.8 Å². The van der Waals surface area contributed by atoms with E-state index in [2.05, 4.69) is 25.2 Å². The Morgan fingerprint density at radius 2 is 1.94 bits per heavy atom. The van der Waals surface area contributed by atoms with Gasteiger partial charge in [-0.05, 0) is 53.8 Å². The fraction of sp³-hybridized carbons (Fsp3) is 0.280. The molecule has 3 aromatic rings. The van der Waals surface area contributed by atoms with Gasteiger partial charge in [0.25, 0.3) is 5.91 Å². The van der Waals surface area contributed by atoms with Crippen molar-refractivity contribution < 1.29 is 14.0 Å². The van der Waals surface area contributed by atoms with Crippen molar-refractivity contribution >= 4 is 29.3 Å². The first kappa shape index (κ1) is 21.2. The number of nitrogens with zero attached hydrogens (tertiary/aromatic N) is 1. The minimum absolute atomic E-state index is 0.0846. The topological polar surface area (TPSA) is 62.6 Å². The van der Waals surface area contributed by atoms with Gasteiger partial charge in [0.2, 0.25) is 5.91 Å². The molecular weight excluding hydrogens is 408 g/mol. The Bertz CT molecular complexity index is 1070. The van der Waals surface area contributed by atoms with E-state index in [1.54, 1.807) is 18.0 Å². The van der Waals surface area contributed by atoms with E-state index < -0.39 is 0 Å². The average Bonchev–Trinajstić information content (AvgIpc) is 3.40. The fourth-order valence-electron chi connectivity index (χ4n) is 3.80. The van der Waals surface area contributed by atoms with Crippen LogP contribution in [0, 0.1) is 6.92 Å². The highest BCUT2D eigenvalue weighted by atomic mass is 32.2. The van der Waals surface area contributed by atoms with Crippen LogP contribution < -0.4 is 5.32 Å². The SMILES string of the molecule is Cc1cccc(C(C)C)c1NC(=O)c1ccc(C2SCC(=O)N2Cc2ccco2)cc1. The van der Waals surface area contributed by atoms with Gasteiger partial charge in [-0.25, -0.2) is 0 Å². The quantitative estimate of drug-likeness (QED) is 0.537. The van der Waals surface area contributed by atoms with Crippen LogP contribution in [-0.4, -0.2) is 22.5 Å². The third kappa shape index (κ3) is 4.54. The molecule has 1 aromatic heterocycles. The second kappa shape index (κ2) is 9.02. The van der Waals surface area contributed by atoms with Crippen LogP contribution in [0.3, 0.4) is 0 Å². The van der Waals surface area contributed by atoms with E-state index in [-0.39, 0.29) is 17.2 Å². The zero-order valence-corrected chi connectivity index (χ0v) is 18.7. The first-order chi connectivity index (χ1) is 14.9. The molecule has 1 aliphatic heterocycles. The Morgan fingerprint density at radius 1 is 1.16 bits per heavy atom. The molecule has 160 valence electrons. The van der Waals surface area contributed by atoms with Gasteiger partial charge in [-0.3, -0.25) is 9.59 Å². The summed E-state index contributed by atoms with van der Waals surface area (Å²) in [5, 5.41) is 3.01. The van der Waals surface area contributed by atoms with Crippen molar-refractivity contribution in [1.29, 1.82) is 0 Å². The maximum Gasteiger partial charge on any atom is 0.255 e. The average molecular weight is 435 g/mol. The first-order valence-electron chi connectivity index (χ1n) is 10.4. The predicted molar refractivity (Wildman–Crippen MR) is 124 cm³/mol. The van der Waals surface area contributed by atoms with E-state index in [0.717, 1.165) is 28.1 Å². The molecule has 0 saturated carbocycles. The second-order valence-corrected chi connectivity index (χ2v) is 9.10. The summed E-state index contributed by atoms with van der Waals surface area (Å²) in [7, 11) is 0. The van der Waals surface area contributed by atoms with Gasteiger partial charge < -0.3 is 14.6 Å². The predicted octanol–water partition coefficient (Wildman–Crippen LogP) is 5.74. The number of benzene rings is 2. The number of hydrogen-bond acceptors (Lipinski definition) is 4. The number of amides is 2. The lowest BCUT2D eigenvalue weighted by Gasteiger charge is -2.23. The molecule has 2 amide bonds. The van der Waals surface area contributed by atoms with Gasteiger partial charge in [0, 0.05) is 11.3 Å². The Balaban J connectivity index is 1.51. The molecular formula is C25H26N2O3S. The molecule has 0 spiro atoms. The highest BCUT2D eigenvalue weighted by Gasteiger charge is 2.33. The summed E-state index contributed by atoms with van der Waals surface area (Å²) in [4.78, 5) is 27.1. The highest BCUT2D eigenvalue weighted by molar-refractivity contribution is 8.00. The molecule has 1 fully saturated rings. The fourth-order valence-corrected chi connectivity index (χ4v) is 4.99. The van der Waals surface area contributed by atoms with Crippen molar-refractivity contribution in [3.05, 3.63) is 88.9 Å². The van der Waals surface area contributed by atoms with Gasteiger partial charge in [-0.2, -0.15) is 0 Å². The third-order valence-corrected chi connectivity index (χ3v) is 6.75. The van der Waals surface area contributed by atoms with Crippen LogP contribution in [-0.2, 0) is 11.3 Å². The molecule has 1 N–H and O–H groups in total. The normalized spacial score (nSPS) is 16.2. The number of carbonyl (C=O) groups is 2. The largest absolute Gasteiger partial charge is 0.467 e. The summed E-state index contributed by atoms with van der Waals surface area (Å²) in [6.07, 6.45) is 1.62. The van der Waals surface area contributed by atoms with Crippen LogP contribution in [0.1, 0.15) is 57.9 Å². The maximum atomic E-state index is 12.9. The molecule has 0 aliphatic carbocycles. The molecule has 1 unspecified atom stereocenters. The summed E-state index contributed by atoms with van der Waals surface area (Å²) in [6.45, 7) is 6.69. The zero-order chi connectivity index (χ0) is 22.0. The lowest BCUT2D eigenvalue weighted by atomic mass is 9.98. The molecule has 0 bridgehead atoms. The number of furan rings is 1. The molecule has 31 heavy (non-hydrogen) atoms. The Morgan fingerprint density at radius 3 is 2.61 bits per heavy atom. The van der Waals surface area contributed by atoms with Crippen molar-refractivity contribution in [2.75, 3.05) is 11.1 Å². The van der Waals surface area contributed by atoms with E-state index in [1.807, 2.05) is 60.4 Å². The van der Waals surface area contributed by atoms with Crippen LogP contribution in [0.5, 0.6) is 0 Å². The van der Waals surface area contributed by atoms with E-state index in [0.29, 0.717) is 23.8 Å². The molecule has 1 atom stereocenters. The Hall–Kier alpha value is -2.99. The van der Waals surface area contributed by atoms with Crippen LogP contribution in [0.4, 0.5) is 5.69 Å². The van der Waals surface area contributed by atoms with Crippen molar-refractivity contribution in [3.8, 4) is 0 Å². The zero-order valence-electron chi connectivity index (χ0n) is 17.9. The molecule has 1 saturated heterocycles. The number of carbonyl (C=O) groups excluding carboxylic acids is 2. The lowest BCUT2D eigenvalue weighted by Crippen LogP contribution is -2.27. The van der Waals surface area contributed by atoms with E-state index in [1.165, 1.54) is 0 Å². The van der Waals surface area contributed by atoms with Crippen LogP contribution in [0.2, 0.25) is 0 Å². The van der Waals surface area contributed by atoms with Crippen LogP contribution in [0.25, 0.3) is 0 Å².